The number of benzene rings is 1. The molecule has 0 unspecified atom stereocenters. The van der Waals surface area contributed by atoms with Crippen molar-refractivity contribution in [2.24, 2.45) is 10.8 Å². The summed E-state index contributed by atoms with van der Waals surface area (Å²) in [5, 5.41) is 9.27. The normalized spacial score (nSPS) is 32.6. The molecule has 0 bridgehead atoms. The standard InChI is InChI=1S/C20H23NO2/c1-19(2)17(22)15(13-21)12-20(3)10-9-16(23-18(19)20)11-14-7-5-4-6-8-14/h4-8,12,16,18H,9-11H2,1-3H3/t16-,18-,20-/m1/s1. The van der Waals surface area contributed by atoms with Crippen LogP contribution in [0.2, 0.25) is 0 Å². The van der Waals surface area contributed by atoms with Gasteiger partial charge in [-0.15, -0.1) is 0 Å². The number of nitriles is 1. The highest BCUT2D eigenvalue weighted by atomic mass is 16.5. The molecular formula is C20H23NO2. The molecule has 23 heavy (non-hydrogen) atoms. The van der Waals surface area contributed by atoms with E-state index in [4.69, 9.17) is 4.74 Å². The molecular weight excluding hydrogens is 286 g/mol. The fraction of sp³-hybridized carbons (Fsp3) is 0.500. The minimum atomic E-state index is -0.663. The van der Waals surface area contributed by atoms with Crippen molar-refractivity contribution in [2.45, 2.75) is 52.2 Å². The maximum Gasteiger partial charge on any atom is 0.181 e. The molecule has 0 saturated carbocycles. The van der Waals surface area contributed by atoms with Gasteiger partial charge in [-0.3, -0.25) is 4.79 Å². The summed E-state index contributed by atoms with van der Waals surface area (Å²) < 4.78 is 6.40. The van der Waals surface area contributed by atoms with Crippen LogP contribution in [0.25, 0.3) is 0 Å². The third-order valence-corrected chi connectivity index (χ3v) is 5.32. The summed E-state index contributed by atoms with van der Waals surface area (Å²) in [7, 11) is 0. The first-order valence-corrected chi connectivity index (χ1v) is 8.24. The lowest BCUT2D eigenvalue weighted by atomic mass is 9.60. The van der Waals surface area contributed by atoms with Gasteiger partial charge in [0.25, 0.3) is 0 Å². The quantitative estimate of drug-likeness (QED) is 0.834. The average Bonchev–Trinajstić information content (AvgIpc) is 2.54. The number of carbonyl (C=O) groups is 1. The van der Waals surface area contributed by atoms with Gasteiger partial charge in [0.1, 0.15) is 6.07 Å². The minimum Gasteiger partial charge on any atom is -0.373 e. The molecule has 1 saturated heterocycles. The first-order chi connectivity index (χ1) is 10.9. The van der Waals surface area contributed by atoms with Gasteiger partial charge in [0, 0.05) is 5.41 Å². The van der Waals surface area contributed by atoms with Crippen molar-refractivity contribution < 1.29 is 9.53 Å². The fourth-order valence-electron chi connectivity index (χ4n) is 4.13. The summed E-state index contributed by atoms with van der Waals surface area (Å²) in [4.78, 5) is 12.6. The molecule has 3 nitrogen and oxygen atoms in total. The van der Waals surface area contributed by atoms with Crippen LogP contribution in [0.4, 0.5) is 0 Å². The molecule has 1 aromatic carbocycles. The van der Waals surface area contributed by atoms with Crippen LogP contribution in [0.5, 0.6) is 0 Å². The largest absolute Gasteiger partial charge is 0.373 e. The third kappa shape index (κ3) is 2.72. The number of hydrogen-bond acceptors (Lipinski definition) is 3. The number of ether oxygens (including phenoxy) is 1. The van der Waals surface area contributed by atoms with E-state index in [2.05, 4.69) is 25.1 Å². The number of nitrogens with zero attached hydrogens (tertiary/aromatic N) is 1. The van der Waals surface area contributed by atoms with Gasteiger partial charge in [0.15, 0.2) is 5.78 Å². The van der Waals surface area contributed by atoms with E-state index in [1.54, 1.807) is 0 Å². The highest BCUT2D eigenvalue weighted by Gasteiger charge is 2.54. The van der Waals surface area contributed by atoms with Crippen molar-refractivity contribution in [2.75, 3.05) is 0 Å². The Bertz CT molecular complexity index is 683. The minimum absolute atomic E-state index is 0.0946. The van der Waals surface area contributed by atoms with E-state index in [0.29, 0.717) is 5.57 Å². The van der Waals surface area contributed by atoms with Crippen LogP contribution >= 0.6 is 0 Å². The second-order valence-electron chi connectivity index (χ2n) is 7.59. The van der Waals surface area contributed by atoms with E-state index < -0.39 is 5.41 Å². The molecule has 1 aromatic rings. The predicted molar refractivity (Wildman–Crippen MR) is 88.6 cm³/mol. The monoisotopic (exact) mass is 309 g/mol. The predicted octanol–water partition coefficient (Wildman–Crippen LogP) is 3.84. The van der Waals surface area contributed by atoms with Gasteiger partial charge < -0.3 is 4.74 Å². The molecule has 2 aliphatic rings. The summed E-state index contributed by atoms with van der Waals surface area (Å²) in [6.45, 7) is 5.93. The van der Waals surface area contributed by atoms with Crippen LogP contribution in [-0.2, 0) is 16.0 Å². The van der Waals surface area contributed by atoms with Crippen LogP contribution in [0.1, 0.15) is 39.2 Å². The van der Waals surface area contributed by atoms with Gasteiger partial charge >= 0.3 is 0 Å². The maximum absolute atomic E-state index is 12.6. The summed E-state index contributed by atoms with van der Waals surface area (Å²) in [5.41, 5.74) is 0.646. The highest BCUT2D eigenvalue weighted by Crippen LogP contribution is 2.50. The first-order valence-electron chi connectivity index (χ1n) is 8.24. The Labute approximate surface area is 138 Å². The second-order valence-corrected chi connectivity index (χ2v) is 7.59. The number of carbonyl (C=O) groups excluding carboxylic acids is 1. The van der Waals surface area contributed by atoms with Crippen LogP contribution in [-0.4, -0.2) is 18.0 Å². The number of ketones is 1. The first kappa shape index (κ1) is 16.0. The molecule has 3 atom stereocenters. The summed E-state index contributed by atoms with van der Waals surface area (Å²) >= 11 is 0. The van der Waals surface area contributed by atoms with Crippen molar-refractivity contribution >= 4 is 5.78 Å². The number of allylic oxidation sites excluding steroid dienone is 1. The van der Waals surface area contributed by atoms with Crippen LogP contribution < -0.4 is 0 Å². The average molecular weight is 309 g/mol. The van der Waals surface area contributed by atoms with Crippen molar-refractivity contribution in [3.05, 3.63) is 47.5 Å². The Morgan fingerprint density at radius 1 is 1.26 bits per heavy atom. The Kier molecular flexibility index (Phi) is 3.90. The molecule has 0 amide bonds. The summed E-state index contributed by atoms with van der Waals surface area (Å²) in [6.07, 6.45) is 4.55. The molecule has 0 spiro atoms. The molecule has 1 aliphatic carbocycles. The SMILES string of the molecule is CC1(C)C(=O)C(C#N)=C[C@@]2(C)CC[C@H](Cc3ccccc3)O[C@H]12. The molecule has 0 aromatic heterocycles. The van der Waals surface area contributed by atoms with Crippen LogP contribution in [0.3, 0.4) is 0 Å². The van der Waals surface area contributed by atoms with Gasteiger partial charge in [-0.05, 0) is 38.7 Å². The smallest absolute Gasteiger partial charge is 0.181 e. The second kappa shape index (κ2) is 5.62. The molecule has 1 fully saturated rings. The summed E-state index contributed by atoms with van der Waals surface area (Å²) in [6, 6.07) is 12.4. The molecule has 0 radical (unpaired) electrons. The van der Waals surface area contributed by atoms with Crippen molar-refractivity contribution in [1.82, 2.24) is 0 Å². The number of Topliss-reactive ketones (excluding diaryl/α,β-unsaturated/α-hetero) is 1. The lowest BCUT2D eigenvalue weighted by Gasteiger charge is -2.51. The molecule has 3 rings (SSSR count). The van der Waals surface area contributed by atoms with E-state index in [9.17, 15) is 10.1 Å². The topological polar surface area (TPSA) is 50.1 Å². The van der Waals surface area contributed by atoms with E-state index in [0.717, 1.165) is 19.3 Å². The Morgan fingerprint density at radius 3 is 2.61 bits per heavy atom. The van der Waals surface area contributed by atoms with Crippen LogP contribution in [0.15, 0.2) is 42.0 Å². The number of fused-ring (bicyclic) bond motifs is 1. The van der Waals surface area contributed by atoms with Gasteiger partial charge in [0.05, 0.1) is 23.2 Å². The van der Waals surface area contributed by atoms with E-state index in [1.807, 2.05) is 38.1 Å². The van der Waals surface area contributed by atoms with E-state index in [-0.39, 0.29) is 23.4 Å². The van der Waals surface area contributed by atoms with Crippen molar-refractivity contribution in [3.63, 3.8) is 0 Å². The van der Waals surface area contributed by atoms with Crippen LogP contribution in [0, 0.1) is 22.2 Å². The van der Waals surface area contributed by atoms with Gasteiger partial charge in [0.2, 0.25) is 0 Å². The van der Waals surface area contributed by atoms with E-state index in [1.165, 1.54) is 5.56 Å². The molecule has 1 aliphatic heterocycles. The van der Waals surface area contributed by atoms with Gasteiger partial charge in [-0.2, -0.15) is 5.26 Å². The Balaban J connectivity index is 1.86. The zero-order chi connectivity index (χ0) is 16.7. The third-order valence-electron chi connectivity index (χ3n) is 5.32. The Hall–Kier alpha value is -1.92. The van der Waals surface area contributed by atoms with E-state index >= 15 is 0 Å². The summed E-state index contributed by atoms with van der Waals surface area (Å²) in [5.74, 6) is -0.0946. The van der Waals surface area contributed by atoms with Gasteiger partial charge in [-0.1, -0.05) is 43.3 Å². The Morgan fingerprint density at radius 2 is 1.96 bits per heavy atom. The van der Waals surface area contributed by atoms with Gasteiger partial charge in [-0.25, -0.2) is 0 Å². The zero-order valence-corrected chi connectivity index (χ0v) is 14.0. The molecule has 3 heteroatoms. The molecule has 0 N–H and O–H groups in total. The maximum atomic E-state index is 12.6. The molecule has 120 valence electrons. The van der Waals surface area contributed by atoms with Crippen molar-refractivity contribution in [1.29, 1.82) is 5.26 Å². The fourth-order valence-corrected chi connectivity index (χ4v) is 4.13. The molecule has 1 heterocycles. The highest BCUT2D eigenvalue weighted by molar-refractivity contribution is 6.04. The number of rotatable bonds is 2. The number of hydrogen-bond donors (Lipinski definition) is 0. The lowest BCUT2D eigenvalue weighted by molar-refractivity contribution is -0.170. The lowest BCUT2D eigenvalue weighted by Crippen LogP contribution is -2.56. The van der Waals surface area contributed by atoms with Crippen molar-refractivity contribution in [3.8, 4) is 6.07 Å². The zero-order valence-electron chi connectivity index (χ0n) is 14.0.